The SMILES string of the molecule is CC1C/C=C\CC(OC(=O)/C=C/c2cn(C)cn2)Cc2ccccc2C1. The number of nitrogens with zero attached hydrogens (tertiary/aromatic N) is 2. The topological polar surface area (TPSA) is 44.1 Å². The lowest BCUT2D eigenvalue weighted by Crippen LogP contribution is -2.20. The van der Waals surface area contributed by atoms with Crippen molar-refractivity contribution in [3.8, 4) is 0 Å². The Bertz CT molecular complexity index is 804. The molecule has 136 valence electrons. The third kappa shape index (κ3) is 5.19. The van der Waals surface area contributed by atoms with E-state index in [0.29, 0.717) is 5.92 Å². The van der Waals surface area contributed by atoms with Crippen LogP contribution in [0.25, 0.3) is 6.08 Å². The van der Waals surface area contributed by atoms with E-state index in [4.69, 9.17) is 4.74 Å². The molecule has 26 heavy (non-hydrogen) atoms. The molecule has 0 N–H and O–H groups in total. The van der Waals surface area contributed by atoms with E-state index in [1.54, 1.807) is 12.4 Å². The fourth-order valence-corrected chi connectivity index (χ4v) is 3.29. The van der Waals surface area contributed by atoms with E-state index in [9.17, 15) is 4.79 Å². The number of hydrogen-bond acceptors (Lipinski definition) is 3. The highest BCUT2D eigenvalue weighted by molar-refractivity contribution is 5.86. The second kappa shape index (κ2) is 8.65. The van der Waals surface area contributed by atoms with Gasteiger partial charge in [-0.15, -0.1) is 0 Å². The van der Waals surface area contributed by atoms with Gasteiger partial charge >= 0.3 is 5.97 Å². The first-order valence-corrected chi connectivity index (χ1v) is 9.18. The minimum atomic E-state index is -0.322. The molecule has 0 spiro atoms. The van der Waals surface area contributed by atoms with Gasteiger partial charge in [-0.3, -0.25) is 0 Å². The van der Waals surface area contributed by atoms with E-state index in [1.807, 2.05) is 17.8 Å². The Balaban J connectivity index is 1.69. The summed E-state index contributed by atoms with van der Waals surface area (Å²) < 4.78 is 7.57. The van der Waals surface area contributed by atoms with E-state index in [-0.39, 0.29) is 12.1 Å². The zero-order valence-corrected chi connectivity index (χ0v) is 15.5. The number of allylic oxidation sites excluding steroid dienone is 1. The molecule has 2 atom stereocenters. The zero-order valence-electron chi connectivity index (χ0n) is 15.5. The minimum Gasteiger partial charge on any atom is -0.459 e. The first-order chi connectivity index (χ1) is 12.6. The third-order valence-electron chi connectivity index (χ3n) is 4.64. The molecule has 0 saturated carbocycles. The van der Waals surface area contributed by atoms with Crippen LogP contribution in [0.15, 0.2) is 55.0 Å². The van der Waals surface area contributed by atoms with Gasteiger partial charge in [0.2, 0.25) is 0 Å². The van der Waals surface area contributed by atoms with Gasteiger partial charge in [0.1, 0.15) is 6.10 Å². The molecule has 2 unspecified atom stereocenters. The highest BCUT2D eigenvalue weighted by atomic mass is 16.5. The molecule has 4 heteroatoms. The van der Waals surface area contributed by atoms with Gasteiger partial charge in [-0.05, 0) is 36.0 Å². The summed E-state index contributed by atoms with van der Waals surface area (Å²) in [6, 6.07) is 8.49. The summed E-state index contributed by atoms with van der Waals surface area (Å²) in [5, 5.41) is 0. The van der Waals surface area contributed by atoms with Gasteiger partial charge < -0.3 is 9.30 Å². The fourth-order valence-electron chi connectivity index (χ4n) is 3.29. The van der Waals surface area contributed by atoms with Crippen molar-refractivity contribution >= 4 is 12.0 Å². The van der Waals surface area contributed by atoms with Gasteiger partial charge in [0.15, 0.2) is 0 Å². The largest absolute Gasteiger partial charge is 0.459 e. The molecular weight excluding hydrogens is 324 g/mol. The van der Waals surface area contributed by atoms with Crippen molar-refractivity contribution in [3.05, 3.63) is 71.8 Å². The average molecular weight is 350 g/mol. The van der Waals surface area contributed by atoms with E-state index in [0.717, 1.165) is 31.4 Å². The molecule has 0 amide bonds. The number of esters is 1. The summed E-state index contributed by atoms with van der Waals surface area (Å²) in [5.41, 5.74) is 3.39. The molecule has 1 aliphatic rings. The predicted molar refractivity (Wildman–Crippen MR) is 104 cm³/mol. The Morgan fingerprint density at radius 3 is 2.65 bits per heavy atom. The summed E-state index contributed by atoms with van der Waals surface area (Å²) in [7, 11) is 1.90. The van der Waals surface area contributed by atoms with Crippen LogP contribution in [0, 0.1) is 5.92 Å². The standard InChI is InChI=1S/C22H26N2O2/c1-17-7-3-6-10-21(14-19-9-5-4-8-18(19)13-17)26-22(25)12-11-20-15-24(2)16-23-20/h3-6,8-9,11-12,15-17,21H,7,10,13-14H2,1-2H3/b6-3-,12-11+. The number of aryl methyl sites for hydroxylation is 1. The molecule has 4 nitrogen and oxygen atoms in total. The van der Waals surface area contributed by atoms with Crippen molar-refractivity contribution < 1.29 is 9.53 Å². The number of hydrogen-bond donors (Lipinski definition) is 0. The van der Waals surface area contributed by atoms with Crippen molar-refractivity contribution in [3.63, 3.8) is 0 Å². The van der Waals surface area contributed by atoms with Crippen LogP contribution in [0.3, 0.4) is 0 Å². The Hall–Kier alpha value is -2.62. The maximum atomic E-state index is 12.2. The number of rotatable bonds is 3. The quantitative estimate of drug-likeness (QED) is 0.475. The summed E-state index contributed by atoms with van der Waals surface area (Å²) in [4.78, 5) is 16.4. The van der Waals surface area contributed by atoms with Gasteiger partial charge in [0, 0.05) is 32.2 Å². The average Bonchev–Trinajstić information content (AvgIpc) is 3.04. The molecule has 1 aliphatic carbocycles. The Morgan fingerprint density at radius 2 is 1.92 bits per heavy atom. The van der Waals surface area contributed by atoms with Gasteiger partial charge in [-0.25, -0.2) is 9.78 Å². The molecule has 0 bridgehead atoms. The molecular formula is C22H26N2O2. The molecule has 3 rings (SSSR count). The zero-order chi connectivity index (χ0) is 18.4. The van der Waals surface area contributed by atoms with Crippen LogP contribution < -0.4 is 0 Å². The number of carbonyl (C=O) groups excluding carboxylic acids is 1. The van der Waals surface area contributed by atoms with Crippen LogP contribution in [0.1, 0.15) is 36.6 Å². The van der Waals surface area contributed by atoms with E-state index in [1.165, 1.54) is 17.2 Å². The lowest BCUT2D eigenvalue weighted by molar-refractivity contribution is -0.142. The van der Waals surface area contributed by atoms with Crippen molar-refractivity contribution in [2.45, 2.75) is 38.7 Å². The molecule has 0 saturated heterocycles. The monoisotopic (exact) mass is 350 g/mol. The number of imidazole rings is 1. The molecule has 1 aromatic heterocycles. The molecule has 0 fully saturated rings. The fraction of sp³-hybridized carbons (Fsp3) is 0.364. The van der Waals surface area contributed by atoms with Gasteiger partial charge in [0.25, 0.3) is 0 Å². The van der Waals surface area contributed by atoms with Crippen LogP contribution >= 0.6 is 0 Å². The number of benzene rings is 1. The van der Waals surface area contributed by atoms with Crippen LogP contribution in [-0.4, -0.2) is 21.6 Å². The summed E-state index contributed by atoms with van der Waals surface area (Å²) in [5.74, 6) is 0.296. The van der Waals surface area contributed by atoms with E-state index < -0.39 is 0 Å². The van der Waals surface area contributed by atoms with Gasteiger partial charge in [-0.2, -0.15) is 0 Å². The summed E-state index contributed by atoms with van der Waals surface area (Å²) in [6.45, 7) is 2.28. The summed E-state index contributed by atoms with van der Waals surface area (Å²) >= 11 is 0. The Kier molecular flexibility index (Phi) is 6.05. The maximum absolute atomic E-state index is 12.2. The Labute approximate surface area is 155 Å². The summed E-state index contributed by atoms with van der Waals surface area (Å²) in [6.07, 6.45) is 14.5. The predicted octanol–water partition coefficient (Wildman–Crippen LogP) is 4.12. The molecule has 1 heterocycles. The first-order valence-electron chi connectivity index (χ1n) is 9.18. The highest BCUT2D eigenvalue weighted by Gasteiger charge is 2.17. The second-order valence-electron chi connectivity index (χ2n) is 7.08. The smallest absolute Gasteiger partial charge is 0.331 e. The van der Waals surface area contributed by atoms with Crippen LogP contribution in [0.4, 0.5) is 0 Å². The van der Waals surface area contributed by atoms with Gasteiger partial charge in [-0.1, -0.05) is 43.3 Å². The van der Waals surface area contributed by atoms with Gasteiger partial charge in [0.05, 0.1) is 12.0 Å². The number of carbonyl (C=O) groups is 1. The van der Waals surface area contributed by atoms with E-state index >= 15 is 0 Å². The van der Waals surface area contributed by atoms with Crippen molar-refractivity contribution in [2.24, 2.45) is 13.0 Å². The van der Waals surface area contributed by atoms with Crippen molar-refractivity contribution in [2.75, 3.05) is 0 Å². The Morgan fingerprint density at radius 1 is 1.19 bits per heavy atom. The first kappa shape index (κ1) is 18.2. The van der Waals surface area contributed by atoms with E-state index in [2.05, 4.69) is 48.3 Å². The van der Waals surface area contributed by atoms with Crippen LogP contribution in [0.5, 0.6) is 0 Å². The molecule has 0 aliphatic heterocycles. The normalized spacial score (nSPS) is 21.9. The highest BCUT2D eigenvalue weighted by Crippen LogP contribution is 2.21. The number of fused-ring (bicyclic) bond motifs is 1. The number of ether oxygens (including phenoxy) is 1. The molecule has 1 aromatic carbocycles. The van der Waals surface area contributed by atoms with Crippen molar-refractivity contribution in [1.29, 1.82) is 0 Å². The van der Waals surface area contributed by atoms with Crippen LogP contribution in [-0.2, 0) is 29.4 Å². The maximum Gasteiger partial charge on any atom is 0.331 e. The number of aromatic nitrogens is 2. The second-order valence-corrected chi connectivity index (χ2v) is 7.08. The minimum absolute atomic E-state index is 0.151. The van der Waals surface area contributed by atoms with Crippen molar-refractivity contribution in [1.82, 2.24) is 9.55 Å². The lowest BCUT2D eigenvalue weighted by atomic mass is 9.90. The van der Waals surface area contributed by atoms with Crippen LogP contribution in [0.2, 0.25) is 0 Å². The molecule has 2 aromatic rings. The molecule has 0 radical (unpaired) electrons. The third-order valence-corrected chi connectivity index (χ3v) is 4.64. The lowest BCUT2D eigenvalue weighted by Gasteiger charge is -2.20.